The van der Waals surface area contributed by atoms with Gasteiger partial charge >= 0.3 is 0 Å². The molecule has 0 aliphatic carbocycles. The summed E-state index contributed by atoms with van der Waals surface area (Å²) in [6.07, 6.45) is 2.78. The van der Waals surface area contributed by atoms with E-state index in [4.69, 9.17) is 9.47 Å². The number of hydrogen-bond donors (Lipinski definition) is 0. The maximum absolute atomic E-state index is 5.71. The quantitative estimate of drug-likeness (QED) is 0.649. The summed E-state index contributed by atoms with van der Waals surface area (Å²) in [6, 6.07) is 7.07. The molecule has 0 bridgehead atoms. The van der Waals surface area contributed by atoms with Crippen molar-refractivity contribution in [2.45, 2.75) is 32.9 Å². The van der Waals surface area contributed by atoms with Crippen molar-refractivity contribution >= 4 is 0 Å². The molecule has 0 amide bonds. The standard InChI is InChI=1S/C20H32N2O2/c1-5-7-19-14-18(8-9-20(19)24-6-2)16-21(4)15-17(3)22-10-12-23-13-11-22/h5,8-9,14,17H,1,6-7,10-13,15-16H2,2-4H3. The van der Waals surface area contributed by atoms with E-state index in [1.54, 1.807) is 0 Å². The molecule has 1 saturated heterocycles. The smallest absolute Gasteiger partial charge is 0.122 e. The van der Waals surface area contributed by atoms with Gasteiger partial charge in [-0.05, 0) is 44.5 Å². The number of likely N-dealkylation sites (N-methyl/N-ethyl adjacent to an activating group) is 1. The van der Waals surface area contributed by atoms with Crippen LogP contribution >= 0.6 is 0 Å². The second-order valence-corrected chi connectivity index (χ2v) is 6.56. The molecule has 1 aromatic carbocycles. The fourth-order valence-electron chi connectivity index (χ4n) is 3.30. The van der Waals surface area contributed by atoms with E-state index in [9.17, 15) is 0 Å². The van der Waals surface area contributed by atoms with E-state index in [1.807, 2.05) is 13.0 Å². The Kier molecular flexibility index (Phi) is 7.76. The van der Waals surface area contributed by atoms with Gasteiger partial charge in [0.25, 0.3) is 0 Å². The van der Waals surface area contributed by atoms with Crippen LogP contribution in [0.3, 0.4) is 0 Å². The van der Waals surface area contributed by atoms with Gasteiger partial charge in [0, 0.05) is 32.2 Å². The Morgan fingerprint density at radius 3 is 2.79 bits per heavy atom. The zero-order valence-corrected chi connectivity index (χ0v) is 15.5. The van der Waals surface area contributed by atoms with Crippen molar-refractivity contribution in [3.8, 4) is 5.75 Å². The molecule has 1 unspecified atom stereocenters. The first-order valence-electron chi connectivity index (χ1n) is 8.99. The minimum Gasteiger partial charge on any atom is -0.494 e. The molecule has 1 fully saturated rings. The highest BCUT2D eigenvalue weighted by Crippen LogP contribution is 2.22. The lowest BCUT2D eigenvalue weighted by Gasteiger charge is -2.34. The lowest BCUT2D eigenvalue weighted by Crippen LogP contribution is -2.46. The van der Waals surface area contributed by atoms with E-state index in [1.165, 1.54) is 11.1 Å². The third-order valence-corrected chi connectivity index (χ3v) is 4.49. The Morgan fingerprint density at radius 1 is 1.38 bits per heavy atom. The normalized spacial score (nSPS) is 17.0. The second-order valence-electron chi connectivity index (χ2n) is 6.56. The van der Waals surface area contributed by atoms with Crippen LogP contribution in [0.25, 0.3) is 0 Å². The van der Waals surface area contributed by atoms with Gasteiger partial charge in [0.15, 0.2) is 0 Å². The first-order chi connectivity index (χ1) is 11.6. The molecule has 1 atom stereocenters. The van der Waals surface area contributed by atoms with Gasteiger partial charge in [-0.3, -0.25) is 4.90 Å². The van der Waals surface area contributed by atoms with Crippen LogP contribution in [-0.4, -0.2) is 62.3 Å². The van der Waals surface area contributed by atoms with Gasteiger partial charge in [-0.1, -0.05) is 18.2 Å². The highest BCUT2D eigenvalue weighted by Gasteiger charge is 2.18. The molecule has 0 aromatic heterocycles. The monoisotopic (exact) mass is 332 g/mol. The molecule has 1 aromatic rings. The van der Waals surface area contributed by atoms with E-state index in [0.717, 1.165) is 51.6 Å². The summed E-state index contributed by atoms with van der Waals surface area (Å²) >= 11 is 0. The van der Waals surface area contributed by atoms with E-state index < -0.39 is 0 Å². The van der Waals surface area contributed by atoms with Crippen LogP contribution in [0, 0.1) is 0 Å². The van der Waals surface area contributed by atoms with E-state index in [-0.39, 0.29) is 0 Å². The molecular weight excluding hydrogens is 300 g/mol. The molecule has 0 radical (unpaired) electrons. The van der Waals surface area contributed by atoms with Crippen LogP contribution in [0.4, 0.5) is 0 Å². The number of morpholine rings is 1. The predicted molar refractivity (Wildman–Crippen MR) is 99.7 cm³/mol. The molecule has 1 aliphatic heterocycles. The number of hydrogen-bond acceptors (Lipinski definition) is 4. The van der Waals surface area contributed by atoms with Crippen LogP contribution in [0.5, 0.6) is 5.75 Å². The number of ether oxygens (including phenoxy) is 2. The van der Waals surface area contributed by atoms with E-state index in [2.05, 4.69) is 48.5 Å². The SMILES string of the molecule is C=CCc1cc(CN(C)CC(C)N2CCOCC2)ccc1OCC. The summed E-state index contributed by atoms with van der Waals surface area (Å²) in [7, 11) is 2.20. The Balaban J connectivity index is 1.93. The van der Waals surface area contributed by atoms with Gasteiger partial charge in [-0.15, -0.1) is 6.58 Å². The first-order valence-corrected chi connectivity index (χ1v) is 8.99. The average Bonchev–Trinajstić information content (AvgIpc) is 2.58. The largest absolute Gasteiger partial charge is 0.494 e. The van der Waals surface area contributed by atoms with Crippen molar-refractivity contribution in [2.75, 3.05) is 46.5 Å². The zero-order valence-electron chi connectivity index (χ0n) is 15.5. The van der Waals surface area contributed by atoms with Crippen LogP contribution < -0.4 is 4.74 Å². The van der Waals surface area contributed by atoms with Gasteiger partial charge in [0.2, 0.25) is 0 Å². The first kappa shape index (κ1) is 19.0. The van der Waals surface area contributed by atoms with Crippen molar-refractivity contribution in [3.63, 3.8) is 0 Å². The lowest BCUT2D eigenvalue weighted by molar-refractivity contribution is 0.0137. The Bertz CT molecular complexity index is 512. The maximum atomic E-state index is 5.71. The van der Waals surface area contributed by atoms with Crippen molar-refractivity contribution in [1.82, 2.24) is 9.80 Å². The summed E-state index contributed by atoms with van der Waals surface area (Å²) < 4.78 is 11.2. The molecule has 134 valence electrons. The Labute approximate surface area is 147 Å². The van der Waals surface area contributed by atoms with Gasteiger partial charge < -0.3 is 14.4 Å². The summed E-state index contributed by atoms with van der Waals surface area (Å²) in [5.41, 5.74) is 2.55. The molecule has 2 rings (SSSR count). The predicted octanol–water partition coefficient (Wildman–Crippen LogP) is 2.97. The summed E-state index contributed by atoms with van der Waals surface area (Å²) in [4.78, 5) is 4.91. The third kappa shape index (κ3) is 5.62. The fourth-order valence-corrected chi connectivity index (χ4v) is 3.30. The van der Waals surface area contributed by atoms with Gasteiger partial charge in [0.1, 0.15) is 5.75 Å². The summed E-state index contributed by atoms with van der Waals surface area (Å²) in [5, 5.41) is 0. The Morgan fingerprint density at radius 2 is 2.12 bits per heavy atom. The number of allylic oxidation sites excluding steroid dienone is 1. The van der Waals surface area contributed by atoms with Crippen LogP contribution in [0.2, 0.25) is 0 Å². The number of rotatable bonds is 9. The number of benzene rings is 1. The average molecular weight is 332 g/mol. The van der Waals surface area contributed by atoms with Crippen molar-refractivity contribution in [2.24, 2.45) is 0 Å². The molecule has 0 N–H and O–H groups in total. The Hall–Kier alpha value is -1.36. The van der Waals surface area contributed by atoms with Crippen molar-refractivity contribution in [1.29, 1.82) is 0 Å². The highest BCUT2D eigenvalue weighted by atomic mass is 16.5. The summed E-state index contributed by atoms with van der Waals surface area (Å²) in [6.45, 7) is 14.7. The van der Waals surface area contributed by atoms with Crippen molar-refractivity contribution in [3.05, 3.63) is 42.0 Å². The molecule has 1 aliphatic rings. The van der Waals surface area contributed by atoms with Gasteiger partial charge in [0.05, 0.1) is 19.8 Å². The number of nitrogens with zero attached hydrogens (tertiary/aromatic N) is 2. The van der Waals surface area contributed by atoms with Crippen LogP contribution in [0.15, 0.2) is 30.9 Å². The molecule has 4 nitrogen and oxygen atoms in total. The molecule has 24 heavy (non-hydrogen) atoms. The summed E-state index contributed by atoms with van der Waals surface area (Å²) in [5.74, 6) is 0.977. The topological polar surface area (TPSA) is 24.9 Å². The maximum Gasteiger partial charge on any atom is 0.122 e. The third-order valence-electron chi connectivity index (χ3n) is 4.49. The minimum absolute atomic E-state index is 0.550. The fraction of sp³-hybridized carbons (Fsp3) is 0.600. The molecule has 0 spiro atoms. The van der Waals surface area contributed by atoms with Gasteiger partial charge in [-0.25, -0.2) is 0 Å². The van der Waals surface area contributed by atoms with E-state index >= 15 is 0 Å². The second kappa shape index (κ2) is 9.82. The van der Waals surface area contributed by atoms with Crippen molar-refractivity contribution < 1.29 is 9.47 Å². The van der Waals surface area contributed by atoms with Crippen LogP contribution in [-0.2, 0) is 17.7 Å². The molecular formula is C20H32N2O2. The lowest BCUT2D eigenvalue weighted by atomic mass is 10.1. The van der Waals surface area contributed by atoms with Gasteiger partial charge in [-0.2, -0.15) is 0 Å². The zero-order chi connectivity index (χ0) is 17.4. The molecule has 4 heteroatoms. The van der Waals surface area contributed by atoms with E-state index in [0.29, 0.717) is 12.6 Å². The molecule has 1 heterocycles. The minimum atomic E-state index is 0.550. The highest BCUT2D eigenvalue weighted by molar-refractivity contribution is 5.38. The van der Waals surface area contributed by atoms with Crippen LogP contribution in [0.1, 0.15) is 25.0 Å². The molecule has 0 saturated carbocycles.